The van der Waals surface area contributed by atoms with Crippen LogP contribution in [0.5, 0.6) is 0 Å². The number of nitrogens with zero attached hydrogens (tertiary/aromatic N) is 1. The topological polar surface area (TPSA) is 58.6 Å². The van der Waals surface area contributed by atoms with Gasteiger partial charge < -0.3 is 15.0 Å². The second-order valence-corrected chi connectivity index (χ2v) is 8.67. The summed E-state index contributed by atoms with van der Waals surface area (Å²) >= 11 is 0. The van der Waals surface area contributed by atoms with E-state index in [2.05, 4.69) is 11.4 Å². The maximum absolute atomic E-state index is 12.9. The number of carbonyl (C=O) groups is 2. The number of hydrogen-bond acceptors (Lipinski definition) is 3. The van der Waals surface area contributed by atoms with Gasteiger partial charge in [-0.1, -0.05) is 17.2 Å². The molecule has 0 bridgehead atoms. The first-order chi connectivity index (χ1) is 12.9. The fraction of sp³-hybridized carbons (Fsp3) is 0.636. The Labute approximate surface area is 161 Å². The molecule has 2 heterocycles. The highest BCUT2D eigenvalue weighted by Gasteiger charge is 2.42. The molecular formula is C22H30N2O3. The third kappa shape index (κ3) is 4.18. The molecule has 2 amide bonds. The molecule has 1 atom stereocenters. The third-order valence-electron chi connectivity index (χ3n) is 6.22. The fourth-order valence-electron chi connectivity index (χ4n) is 4.56. The van der Waals surface area contributed by atoms with Gasteiger partial charge in [-0.2, -0.15) is 0 Å². The van der Waals surface area contributed by atoms with Crippen molar-refractivity contribution in [2.75, 3.05) is 19.7 Å². The highest BCUT2D eigenvalue weighted by Crippen LogP contribution is 2.36. The molecule has 1 N–H and O–H groups in total. The van der Waals surface area contributed by atoms with E-state index in [4.69, 9.17) is 4.74 Å². The van der Waals surface area contributed by atoms with E-state index in [0.29, 0.717) is 6.61 Å². The molecule has 1 aromatic carbocycles. The van der Waals surface area contributed by atoms with Crippen LogP contribution in [-0.2, 0) is 9.53 Å². The lowest BCUT2D eigenvalue weighted by Crippen LogP contribution is -2.54. The van der Waals surface area contributed by atoms with Crippen LogP contribution in [0.4, 0.5) is 0 Å². The summed E-state index contributed by atoms with van der Waals surface area (Å²) in [4.78, 5) is 26.9. The smallest absolute Gasteiger partial charge is 0.253 e. The quantitative estimate of drug-likeness (QED) is 0.890. The van der Waals surface area contributed by atoms with Crippen LogP contribution in [0.1, 0.15) is 60.0 Å². The van der Waals surface area contributed by atoms with Crippen LogP contribution < -0.4 is 5.32 Å². The first-order valence-electron chi connectivity index (χ1n) is 10.3. The number of amides is 2. The Hall–Kier alpha value is -1.88. The predicted octanol–water partition coefficient (Wildman–Crippen LogP) is 2.98. The molecular weight excluding hydrogens is 340 g/mol. The minimum Gasteiger partial charge on any atom is -0.375 e. The van der Waals surface area contributed by atoms with Crippen molar-refractivity contribution in [3.8, 4) is 0 Å². The van der Waals surface area contributed by atoms with Gasteiger partial charge >= 0.3 is 0 Å². The zero-order valence-electron chi connectivity index (χ0n) is 16.4. The average molecular weight is 370 g/mol. The molecule has 27 heavy (non-hydrogen) atoms. The van der Waals surface area contributed by atoms with Gasteiger partial charge in [0.1, 0.15) is 0 Å². The molecule has 2 saturated heterocycles. The molecule has 5 heteroatoms. The molecule has 2 aliphatic heterocycles. The standard InChI is InChI=1S/C22H30N2O3/c1-15-11-16(2)13-18(12-15)21(26)24-8-6-22(7-9-24)14-19(5-10-27-22)23-20(25)17-3-4-17/h11-13,17,19H,3-10,14H2,1-2H3,(H,23,25)/t19-/m0/s1. The molecule has 4 rings (SSSR count). The van der Waals surface area contributed by atoms with Crippen molar-refractivity contribution < 1.29 is 14.3 Å². The summed E-state index contributed by atoms with van der Waals surface area (Å²) in [6.45, 7) is 6.19. The first kappa shape index (κ1) is 18.5. The maximum atomic E-state index is 12.9. The van der Waals surface area contributed by atoms with Crippen molar-refractivity contribution in [3.05, 3.63) is 34.9 Å². The van der Waals surface area contributed by atoms with E-state index in [9.17, 15) is 9.59 Å². The van der Waals surface area contributed by atoms with Crippen LogP contribution in [0, 0.1) is 19.8 Å². The number of rotatable bonds is 3. The molecule has 0 unspecified atom stereocenters. The van der Waals surface area contributed by atoms with Crippen molar-refractivity contribution in [2.45, 2.75) is 64.0 Å². The summed E-state index contributed by atoms with van der Waals surface area (Å²) in [6.07, 6.45) is 5.53. The Morgan fingerprint density at radius 2 is 1.74 bits per heavy atom. The summed E-state index contributed by atoms with van der Waals surface area (Å²) < 4.78 is 6.18. The van der Waals surface area contributed by atoms with Gasteiger partial charge in [0.25, 0.3) is 5.91 Å². The number of aryl methyl sites for hydroxylation is 2. The van der Waals surface area contributed by atoms with Gasteiger partial charge in [-0.15, -0.1) is 0 Å². The minimum absolute atomic E-state index is 0.117. The Balaban J connectivity index is 1.36. The normalized spacial score (nSPS) is 24.7. The van der Waals surface area contributed by atoms with Gasteiger partial charge in [0.2, 0.25) is 5.91 Å². The highest BCUT2D eigenvalue weighted by atomic mass is 16.5. The zero-order valence-corrected chi connectivity index (χ0v) is 16.4. The number of hydrogen-bond donors (Lipinski definition) is 1. The van der Waals surface area contributed by atoms with Crippen LogP contribution in [-0.4, -0.2) is 48.1 Å². The highest BCUT2D eigenvalue weighted by molar-refractivity contribution is 5.94. The molecule has 3 aliphatic rings. The molecule has 5 nitrogen and oxygen atoms in total. The SMILES string of the molecule is Cc1cc(C)cc(C(=O)N2CCC3(CC2)C[C@@H](NC(=O)C2CC2)CCO3)c1. The zero-order chi connectivity index (χ0) is 19.0. The van der Waals surface area contributed by atoms with Gasteiger partial charge in [0, 0.05) is 37.2 Å². The average Bonchev–Trinajstić information content (AvgIpc) is 3.46. The number of ether oxygens (including phenoxy) is 1. The summed E-state index contributed by atoms with van der Waals surface area (Å²) in [5, 5.41) is 3.23. The van der Waals surface area contributed by atoms with Crippen LogP contribution in [0.3, 0.4) is 0 Å². The largest absolute Gasteiger partial charge is 0.375 e. The maximum Gasteiger partial charge on any atom is 0.253 e. The van der Waals surface area contributed by atoms with E-state index >= 15 is 0 Å². The summed E-state index contributed by atoms with van der Waals surface area (Å²) in [6, 6.07) is 6.25. The van der Waals surface area contributed by atoms with Crippen molar-refractivity contribution in [1.82, 2.24) is 10.2 Å². The van der Waals surface area contributed by atoms with Crippen LogP contribution >= 0.6 is 0 Å². The van der Waals surface area contributed by atoms with Gasteiger partial charge in [0.05, 0.1) is 5.60 Å². The number of benzene rings is 1. The van der Waals surface area contributed by atoms with Crippen LogP contribution in [0.15, 0.2) is 18.2 Å². The lowest BCUT2D eigenvalue weighted by molar-refractivity contribution is -0.131. The minimum atomic E-state index is -0.181. The van der Waals surface area contributed by atoms with E-state index in [1.165, 1.54) is 0 Å². The molecule has 1 aromatic rings. The Bertz CT molecular complexity index is 713. The van der Waals surface area contributed by atoms with Crippen molar-refractivity contribution in [1.29, 1.82) is 0 Å². The summed E-state index contributed by atoms with van der Waals surface area (Å²) in [5.41, 5.74) is 2.84. The van der Waals surface area contributed by atoms with Gasteiger partial charge in [-0.3, -0.25) is 9.59 Å². The van der Waals surface area contributed by atoms with E-state index in [1.807, 2.05) is 30.9 Å². The fourth-order valence-corrected chi connectivity index (χ4v) is 4.56. The molecule has 1 saturated carbocycles. The number of likely N-dealkylation sites (tertiary alicyclic amines) is 1. The molecule has 0 aromatic heterocycles. The van der Waals surface area contributed by atoms with E-state index in [1.54, 1.807) is 0 Å². The van der Waals surface area contributed by atoms with Crippen molar-refractivity contribution in [2.24, 2.45) is 5.92 Å². The van der Waals surface area contributed by atoms with Gasteiger partial charge in [-0.25, -0.2) is 0 Å². The molecule has 1 aliphatic carbocycles. The molecule has 146 valence electrons. The number of nitrogens with one attached hydrogen (secondary N) is 1. The molecule has 0 radical (unpaired) electrons. The Morgan fingerprint density at radius 1 is 1.07 bits per heavy atom. The molecule has 3 fully saturated rings. The lowest BCUT2D eigenvalue weighted by atomic mass is 9.82. The Morgan fingerprint density at radius 3 is 2.37 bits per heavy atom. The number of carbonyl (C=O) groups excluding carboxylic acids is 2. The predicted molar refractivity (Wildman–Crippen MR) is 104 cm³/mol. The van der Waals surface area contributed by atoms with E-state index in [-0.39, 0.29) is 29.4 Å². The van der Waals surface area contributed by atoms with Gasteiger partial charge in [-0.05, 0) is 64.5 Å². The van der Waals surface area contributed by atoms with Crippen molar-refractivity contribution >= 4 is 11.8 Å². The second-order valence-electron chi connectivity index (χ2n) is 8.67. The van der Waals surface area contributed by atoms with Crippen LogP contribution in [0.2, 0.25) is 0 Å². The van der Waals surface area contributed by atoms with Gasteiger partial charge in [0.15, 0.2) is 0 Å². The van der Waals surface area contributed by atoms with E-state index < -0.39 is 0 Å². The van der Waals surface area contributed by atoms with Crippen LogP contribution in [0.25, 0.3) is 0 Å². The third-order valence-corrected chi connectivity index (χ3v) is 6.22. The number of piperidine rings is 1. The Kier molecular flexibility index (Phi) is 4.97. The van der Waals surface area contributed by atoms with E-state index in [0.717, 1.165) is 68.3 Å². The monoisotopic (exact) mass is 370 g/mol. The summed E-state index contributed by atoms with van der Waals surface area (Å²) in [7, 11) is 0. The summed E-state index contributed by atoms with van der Waals surface area (Å²) in [5.74, 6) is 0.589. The first-order valence-corrected chi connectivity index (χ1v) is 10.3. The van der Waals surface area contributed by atoms with Crippen molar-refractivity contribution in [3.63, 3.8) is 0 Å². The molecule has 1 spiro atoms. The lowest BCUT2D eigenvalue weighted by Gasteiger charge is -2.46. The second kappa shape index (κ2) is 7.27.